The number of carboxylic acid groups (broad SMARTS) is 1. The number of hydrogen-bond acceptors (Lipinski definition) is 6. The Morgan fingerprint density at radius 1 is 0.979 bits per heavy atom. The summed E-state index contributed by atoms with van der Waals surface area (Å²) in [5.41, 5.74) is 7.91. The van der Waals surface area contributed by atoms with Gasteiger partial charge in [-0.3, -0.25) is 4.99 Å². The summed E-state index contributed by atoms with van der Waals surface area (Å²) in [6.45, 7) is 7.17. The van der Waals surface area contributed by atoms with Gasteiger partial charge < -0.3 is 19.5 Å². The van der Waals surface area contributed by atoms with Gasteiger partial charge in [0, 0.05) is 24.9 Å². The Bertz CT molecular complexity index is 1790. The largest absolute Gasteiger partial charge is 0.489 e. The first kappa shape index (κ1) is 32.0. The van der Waals surface area contributed by atoms with Crippen molar-refractivity contribution in [3.05, 3.63) is 113 Å². The number of aliphatic imine (C=N–C) groups is 2. The molecule has 0 amide bonds. The molecule has 1 aliphatic carbocycles. The molecule has 0 saturated heterocycles. The molecule has 1 aliphatic heterocycles. The van der Waals surface area contributed by atoms with Crippen LogP contribution in [0.25, 0.3) is 11.1 Å². The molecule has 7 heteroatoms. The van der Waals surface area contributed by atoms with Gasteiger partial charge in [-0.1, -0.05) is 55.2 Å². The van der Waals surface area contributed by atoms with Crippen LogP contribution in [0.2, 0.25) is 0 Å². The van der Waals surface area contributed by atoms with Crippen LogP contribution in [0.4, 0.5) is 11.4 Å². The molecule has 242 valence electrons. The maximum Gasteiger partial charge on any atom is 0.335 e. The minimum Gasteiger partial charge on any atom is -0.489 e. The van der Waals surface area contributed by atoms with E-state index in [4.69, 9.17) is 19.5 Å². The molecule has 4 aromatic carbocycles. The van der Waals surface area contributed by atoms with E-state index < -0.39 is 5.97 Å². The average Bonchev–Trinajstić information content (AvgIpc) is 3.46. The van der Waals surface area contributed by atoms with Gasteiger partial charge in [-0.25, -0.2) is 9.79 Å². The number of rotatable bonds is 10. The summed E-state index contributed by atoms with van der Waals surface area (Å²) >= 11 is 0. The molecule has 4 aromatic rings. The Morgan fingerprint density at radius 3 is 2.38 bits per heavy atom. The van der Waals surface area contributed by atoms with E-state index in [1.165, 1.54) is 24.8 Å². The fraction of sp³-hybridized carbons (Fsp3) is 0.325. The number of hydrogen-bond donors (Lipinski definition) is 1. The van der Waals surface area contributed by atoms with Crippen LogP contribution in [0, 0.1) is 6.92 Å². The highest BCUT2D eigenvalue weighted by molar-refractivity contribution is 5.96. The molecule has 0 unspecified atom stereocenters. The molecular formula is C40H43N3O4. The number of anilines is 1. The minimum atomic E-state index is -0.960. The van der Waals surface area contributed by atoms with E-state index in [9.17, 15) is 9.90 Å². The third-order valence-electron chi connectivity index (χ3n) is 9.03. The van der Waals surface area contributed by atoms with Crippen molar-refractivity contribution in [1.29, 1.82) is 0 Å². The van der Waals surface area contributed by atoms with Crippen LogP contribution in [0.3, 0.4) is 0 Å². The molecule has 0 radical (unpaired) electrons. The lowest BCUT2D eigenvalue weighted by Crippen LogP contribution is -2.33. The zero-order valence-corrected chi connectivity index (χ0v) is 27.7. The van der Waals surface area contributed by atoms with E-state index in [1.54, 1.807) is 18.3 Å². The van der Waals surface area contributed by atoms with Crippen molar-refractivity contribution in [3.8, 4) is 16.9 Å². The highest BCUT2D eigenvalue weighted by atomic mass is 16.5. The normalized spacial score (nSPS) is 16.1. The number of ether oxygens (including phenoxy) is 2. The van der Waals surface area contributed by atoms with Gasteiger partial charge >= 0.3 is 5.97 Å². The van der Waals surface area contributed by atoms with Crippen molar-refractivity contribution in [2.45, 2.75) is 71.1 Å². The van der Waals surface area contributed by atoms with Gasteiger partial charge in [-0.2, -0.15) is 0 Å². The van der Waals surface area contributed by atoms with E-state index in [-0.39, 0.29) is 11.1 Å². The predicted octanol–water partition coefficient (Wildman–Crippen LogP) is 9.01. The van der Waals surface area contributed by atoms with Crippen molar-refractivity contribution >= 4 is 29.5 Å². The molecule has 0 bridgehead atoms. The summed E-state index contributed by atoms with van der Waals surface area (Å²) in [6, 6.07) is 28.3. The third kappa shape index (κ3) is 7.74. The number of benzene rings is 4. The van der Waals surface area contributed by atoms with Crippen LogP contribution < -0.4 is 9.64 Å². The summed E-state index contributed by atoms with van der Waals surface area (Å²) in [6.07, 6.45) is 7.77. The van der Waals surface area contributed by atoms with E-state index in [1.807, 2.05) is 30.3 Å². The van der Waals surface area contributed by atoms with Crippen molar-refractivity contribution in [3.63, 3.8) is 0 Å². The Balaban J connectivity index is 1.20. The van der Waals surface area contributed by atoms with Crippen LogP contribution in [0.5, 0.6) is 5.75 Å². The first-order valence-electron chi connectivity index (χ1n) is 16.5. The zero-order chi connectivity index (χ0) is 33.0. The first-order valence-corrected chi connectivity index (χ1v) is 16.5. The Labute approximate surface area is 277 Å². The summed E-state index contributed by atoms with van der Waals surface area (Å²) in [5, 5.41) is 9.63. The lowest BCUT2D eigenvalue weighted by atomic mass is 9.94. The molecule has 47 heavy (non-hydrogen) atoms. The Kier molecular flexibility index (Phi) is 9.43. The van der Waals surface area contributed by atoms with E-state index >= 15 is 0 Å². The van der Waals surface area contributed by atoms with Crippen LogP contribution in [0.1, 0.15) is 78.6 Å². The van der Waals surface area contributed by atoms with Gasteiger partial charge in [0.2, 0.25) is 5.90 Å². The van der Waals surface area contributed by atoms with Crippen molar-refractivity contribution in [2.24, 2.45) is 9.98 Å². The van der Waals surface area contributed by atoms with Gasteiger partial charge in [0.15, 0.2) is 0 Å². The van der Waals surface area contributed by atoms with Gasteiger partial charge in [0.25, 0.3) is 0 Å². The molecule has 1 saturated carbocycles. The van der Waals surface area contributed by atoms with Crippen LogP contribution in [0.15, 0.2) is 94.9 Å². The molecule has 0 atom stereocenters. The maximum absolute atomic E-state index is 11.7. The second-order valence-corrected chi connectivity index (χ2v) is 13.3. The number of carbonyl (C=O) groups is 1. The summed E-state index contributed by atoms with van der Waals surface area (Å²) in [5.74, 6) is 0.444. The average molecular weight is 630 g/mol. The zero-order valence-electron chi connectivity index (χ0n) is 27.7. The summed E-state index contributed by atoms with van der Waals surface area (Å²) in [7, 11) is 2.09. The quantitative estimate of drug-likeness (QED) is 0.177. The highest BCUT2D eigenvalue weighted by Gasteiger charge is 2.27. The second-order valence-electron chi connectivity index (χ2n) is 13.3. The minimum absolute atomic E-state index is 0.228. The highest BCUT2D eigenvalue weighted by Crippen LogP contribution is 2.34. The van der Waals surface area contributed by atoms with Gasteiger partial charge in [0.05, 0.1) is 22.5 Å². The van der Waals surface area contributed by atoms with Crippen LogP contribution >= 0.6 is 0 Å². The number of carboxylic acids is 1. The summed E-state index contributed by atoms with van der Waals surface area (Å²) in [4.78, 5) is 23.6. The fourth-order valence-corrected chi connectivity index (χ4v) is 6.27. The number of aryl methyl sites for hydroxylation is 1. The van der Waals surface area contributed by atoms with E-state index in [0.717, 1.165) is 52.1 Å². The van der Waals surface area contributed by atoms with Crippen molar-refractivity contribution < 1.29 is 19.4 Å². The van der Waals surface area contributed by atoms with E-state index in [0.29, 0.717) is 30.8 Å². The molecular weight excluding hydrogens is 586 g/mol. The standard InChI is InChI=1S/C40H43N3O4/c1-27-10-14-29(15-11-27)35-20-16-30(38-42-40(2,3)26-47-38)22-32(35)25-46-34-18-12-28(13-19-34)24-41-36-23-31(39(44)45)17-21-37(36)43(4)33-8-6-5-7-9-33/h10-24,33H,5-9,25-26H2,1-4H3,(H,44,45). The molecule has 6 rings (SSSR count). The molecule has 1 heterocycles. The van der Waals surface area contributed by atoms with Crippen molar-refractivity contribution in [2.75, 3.05) is 18.6 Å². The third-order valence-corrected chi connectivity index (χ3v) is 9.03. The predicted molar refractivity (Wildman–Crippen MR) is 190 cm³/mol. The lowest BCUT2D eigenvalue weighted by molar-refractivity contribution is 0.0697. The van der Waals surface area contributed by atoms with Crippen molar-refractivity contribution in [1.82, 2.24) is 0 Å². The molecule has 0 aromatic heterocycles. The van der Waals surface area contributed by atoms with Gasteiger partial charge in [0.1, 0.15) is 19.0 Å². The van der Waals surface area contributed by atoms with Crippen LogP contribution in [-0.4, -0.2) is 48.4 Å². The smallest absolute Gasteiger partial charge is 0.335 e. The number of aromatic carboxylic acids is 1. The number of nitrogens with zero attached hydrogens (tertiary/aromatic N) is 3. The monoisotopic (exact) mass is 629 g/mol. The molecule has 1 N–H and O–H groups in total. The molecule has 2 aliphatic rings. The topological polar surface area (TPSA) is 83.7 Å². The maximum atomic E-state index is 11.7. The van der Waals surface area contributed by atoms with Crippen LogP contribution in [-0.2, 0) is 11.3 Å². The fourth-order valence-electron chi connectivity index (χ4n) is 6.27. The van der Waals surface area contributed by atoms with Gasteiger partial charge in [-0.15, -0.1) is 0 Å². The summed E-state index contributed by atoms with van der Waals surface area (Å²) < 4.78 is 12.3. The molecule has 0 spiro atoms. The second kappa shape index (κ2) is 13.8. The van der Waals surface area contributed by atoms with E-state index in [2.05, 4.69) is 75.2 Å². The Morgan fingerprint density at radius 2 is 1.70 bits per heavy atom. The lowest BCUT2D eigenvalue weighted by Gasteiger charge is -2.33. The molecule has 1 fully saturated rings. The van der Waals surface area contributed by atoms with Gasteiger partial charge in [-0.05, 0) is 110 Å². The Hall–Kier alpha value is -4.91. The first-order chi connectivity index (χ1) is 22.6. The molecule has 7 nitrogen and oxygen atoms in total. The SMILES string of the molecule is Cc1ccc(-c2ccc(C3=NC(C)(C)CO3)cc2COc2ccc(C=Nc3cc(C(=O)O)ccc3N(C)C3CCCCC3)cc2)cc1.